The van der Waals surface area contributed by atoms with Crippen molar-refractivity contribution >= 4 is 19.2 Å². The van der Waals surface area contributed by atoms with Gasteiger partial charge in [0.15, 0.2) is 0 Å². The Hall–Kier alpha value is 0.507. The second-order valence-corrected chi connectivity index (χ2v) is 7.08. The zero-order chi connectivity index (χ0) is 7.82. The normalized spacial score (nSPS) is 10.8. The second kappa shape index (κ2) is 7.61. The Bertz CT molecular complexity index is 58.3. The molecule has 2 heteroatoms. The van der Waals surface area contributed by atoms with Crippen LogP contribution < -0.4 is 0 Å². The molecule has 0 bridgehead atoms. The van der Waals surface area contributed by atoms with Gasteiger partial charge < -0.3 is 0 Å². The Labute approximate surface area is 71.3 Å². The highest BCUT2D eigenvalue weighted by Gasteiger charge is 2.03. The highest BCUT2D eigenvalue weighted by atomic mass is 35.6. The molecule has 0 radical (unpaired) electrons. The topological polar surface area (TPSA) is 0 Å². The molecule has 0 aromatic rings. The number of hydrogen-bond acceptors (Lipinski definition) is 0. The summed E-state index contributed by atoms with van der Waals surface area (Å²) in [6, 6.07) is 2.69. The van der Waals surface area contributed by atoms with Crippen molar-refractivity contribution in [2.75, 3.05) is 0 Å². The summed E-state index contributed by atoms with van der Waals surface area (Å²) in [4.78, 5) is 0. The maximum Gasteiger partial charge on any atom is 0.141 e. The number of unbranched alkanes of at least 4 members (excludes halogenated alkanes) is 2. The molecule has 0 heterocycles. The summed E-state index contributed by atoms with van der Waals surface area (Å²) in [6.07, 6.45) is 5.32. The Balaban J connectivity index is 3.00. The highest BCUT2D eigenvalue weighted by molar-refractivity contribution is 7.06. The van der Waals surface area contributed by atoms with Crippen LogP contribution in [0, 0.1) is 0 Å². The lowest BCUT2D eigenvalue weighted by molar-refractivity contribution is 0.848. The predicted octanol–water partition coefficient (Wildman–Crippen LogP) is 3.55. The molecular formula is C8H19ClSi. The first-order valence-corrected chi connectivity index (χ1v) is 7.83. The third-order valence-corrected chi connectivity index (χ3v) is 5.12. The minimum atomic E-state index is -0.765. The van der Waals surface area contributed by atoms with Crippen molar-refractivity contribution in [2.45, 2.75) is 51.6 Å². The van der Waals surface area contributed by atoms with E-state index < -0.39 is 8.11 Å². The van der Waals surface area contributed by atoms with Crippen molar-refractivity contribution in [1.82, 2.24) is 0 Å². The van der Waals surface area contributed by atoms with Crippen LogP contribution >= 0.6 is 11.1 Å². The van der Waals surface area contributed by atoms with Crippen molar-refractivity contribution in [3.63, 3.8) is 0 Å². The van der Waals surface area contributed by atoms with E-state index in [9.17, 15) is 0 Å². The lowest BCUT2D eigenvalue weighted by atomic mass is 10.4. The van der Waals surface area contributed by atoms with Gasteiger partial charge in [-0.25, -0.2) is 0 Å². The molecule has 10 heavy (non-hydrogen) atoms. The van der Waals surface area contributed by atoms with Crippen LogP contribution in [-0.4, -0.2) is 8.11 Å². The average molecular weight is 179 g/mol. The van der Waals surface area contributed by atoms with E-state index in [2.05, 4.69) is 13.8 Å². The van der Waals surface area contributed by atoms with Crippen molar-refractivity contribution < 1.29 is 0 Å². The van der Waals surface area contributed by atoms with Crippen LogP contribution in [0.4, 0.5) is 0 Å². The summed E-state index contributed by atoms with van der Waals surface area (Å²) >= 11 is 6.18. The molecule has 0 rings (SSSR count). The van der Waals surface area contributed by atoms with Crippen LogP contribution in [0.2, 0.25) is 12.1 Å². The van der Waals surface area contributed by atoms with Crippen molar-refractivity contribution in [3.05, 3.63) is 0 Å². The molecule has 0 aromatic heterocycles. The first kappa shape index (κ1) is 10.5. The van der Waals surface area contributed by atoms with Crippen LogP contribution in [-0.2, 0) is 0 Å². The standard InChI is InChI=1S/C8H19ClSi/c1-3-5-7-10(9)8-6-4-2/h10H,3-8H2,1-2H3. The minimum absolute atomic E-state index is 0.765. The van der Waals surface area contributed by atoms with Crippen molar-refractivity contribution in [1.29, 1.82) is 0 Å². The first-order valence-electron chi connectivity index (χ1n) is 4.45. The quantitative estimate of drug-likeness (QED) is 0.431. The fourth-order valence-corrected chi connectivity index (χ4v) is 3.91. The van der Waals surface area contributed by atoms with Crippen LogP contribution in [0.15, 0.2) is 0 Å². The Morgan fingerprint density at radius 1 is 1.00 bits per heavy atom. The van der Waals surface area contributed by atoms with E-state index in [1.54, 1.807) is 0 Å². The molecule has 0 aliphatic rings. The monoisotopic (exact) mass is 178 g/mol. The maximum absolute atomic E-state index is 6.18. The van der Waals surface area contributed by atoms with E-state index in [0.717, 1.165) is 0 Å². The maximum atomic E-state index is 6.18. The molecule has 0 amide bonds. The third kappa shape index (κ3) is 6.62. The zero-order valence-electron chi connectivity index (χ0n) is 7.20. The minimum Gasteiger partial charge on any atom is -0.172 e. The molecule has 0 spiro atoms. The zero-order valence-corrected chi connectivity index (χ0v) is 9.11. The largest absolute Gasteiger partial charge is 0.172 e. The second-order valence-electron chi connectivity index (χ2n) is 2.88. The molecule has 0 aliphatic heterocycles. The van der Waals surface area contributed by atoms with Gasteiger partial charge in [0, 0.05) is 0 Å². The van der Waals surface area contributed by atoms with E-state index in [1.165, 1.54) is 37.8 Å². The summed E-state index contributed by atoms with van der Waals surface area (Å²) in [5.41, 5.74) is 0. The molecule has 0 unspecified atom stereocenters. The molecular weight excluding hydrogens is 160 g/mol. The van der Waals surface area contributed by atoms with E-state index in [0.29, 0.717) is 0 Å². The molecule has 0 nitrogen and oxygen atoms in total. The van der Waals surface area contributed by atoms with E-state index >= 15 is 0 Å². The molecule has 0 aliphatic carbocycles. The number of rotatable bonds is 6. The summed E-state index contributed by atoms with van der Waals surface area (Å²) < 4.78 is 0. The lowest BCUT2D eigenvalue weighted by Crippen LogP contribution is -2.01. The lowest BCUT2D eigenvalue weighted by Gasteiger charge is -2.03. The Morgan fingerprint density at radius 2 is 1.40 bits per heavy atom. The predicted molar refractivity (Wildman–Crippen MR) is 52.4 cm³/mol. The molecule has 0 saturated heterocycles. The van der Waals surface area contributed by atoms with Gasteiger partial charge >= 0.3 is 0 Å². The van der Waals surface area contributed by atoms with Crippen LogP contribution in [0.25, 0.3) is 0 Å². The van der Waals surface area contributed by atoms with Gasteiger partial charge in [0.2, 0.25) is 0 Å². The fraction of sp³-hybridized carbons (Fsp3) is 1.00. The average Bonchev–Trinajstić information content (AvgIpc) is 1.97. The van der Waals surface area contributed by atoms with Gasteiger partial charge in [0.05, 0.1) is 0 Å². The van der Waals surface area contributed by atoms with Crippen LogP contribution in [0.5, 0.6) is 0 Å². The Morgan fingerprint density at radius 3 is 1.70 bits per heavy atom. The third-order valence-electron chi connectivity index (χ3n) is 1.74. The number of halogens is 1. The molecule has 0 fully saturated rings. The molecule has 0 saturated carbocycles. The van der Waals surface area contributed by atoms with Gasteiger partial charge in [0.1, 0.15) is 8.11 Å². The Kier molecular flexibility index (Phi) is 8.00. The van der Waals surface area contributed by atoms with Crippen molar-refractivity contribution in [3.8, 4) is 0 Å². The molecule has 0 atom stereocenters. The summed E-state index contributed by atoms with van der Waals surface area (Å²) in [5.74, 6) is 0. The smallest absolute Gasteiger partial charge is 0.141 e. The molecule has 0 N–H and O–H groups in total. The van der Waals surface area contributed by atoms with E-state index in [4.69, 9.17) is 11.1 Å². The highest BCUT2D eigenvalue weighted by Crippen LogP contribution is 2.12. The van der Waals surface area contributed by atoms with E-state index in [1.807, 2.05) is 0 Å². The molecule has 62 valence electrons. The van der Waals surface area contributed by atoms with E-state index in [-0.39, 0.29) is 0 Å². The van der Waals surface area contributed by atoms with Gasteiger partial charge in [-0.05, 0) is 12.1 Å². The van der Waals surface area contributed by atoms with Gasteiger partial charge in [-0.1, -0.05) is 39.5 Å². The van der Waals surface area contributed by atoms with Gasteiger partial charge in [-0.2, -0.15) is 11.1 Å². The first-order chi connectivity index (χ1) is 4.81. The SMILES string of the molecule is CCCC[SiH](Cl)CCCC. The van der Waals surface area contributed by atoms with Crippen molar-refractivity contribution in [2.24, 2.45) is 0 Å². The summed E-state index contributed by atoms with van der Waals surface area (Å²) in [5, 5.41) is 0. The van der Waals surface area contributed by atoms with Gasteiger partial charge in [-0.15, -0.1) is 0 Å². The van der Waals surface area contributed by atoms with Crippen LogP contribution in [0.3, 0.4) is 0 Å². The van der Waals surface area contributed by atoms with Gasteiger partial charge in [-0.3, -0.25) is 0 Å². The van der Waals surface area contributed by atoms with Crippen LogP contribution in [0.1, 0.15) is 39.5 Å². The number of hydrogen-bond donors (Lipinski definition) is 0. The summed E-state index contributed by atoms with van der Waals surface area (Å²) in [7, 11) is -0.765. The molecule has 0 aromatic carbocycles. The fourth-order valence-electron chi connectivity index (χ4n) is 0.996. The van der Waals surface area contributed by atoms with Gasteiger partial charge in [0.25, 0.3) is 0 Å². The summed E-state index contributed by atoms with van der Waals surface area (Å²) in [6.45, 7) is 4.47.